The molecule has 0 saturated carbocycles. The molecule has 0 spiro atoms. The Bertz CT molecular complexity index is 982. The van der Waals surface area contributed by atoms with Crippen LogP contribution < -0.4 is 5.32 Å². The van der Waals surface area contributed by atoms with Crippen LogP contribution in [0.1, 0.15) is 0 Å². The highest BCUT2D eigenvalue weighted by molar-refractivity contribution is 7.22. The van der Waals surface area contributed by atoms with E-state index in [1.54, 1.807) is 30.3 Å². The van der Waals surface area contributed by atoms with Gasteiger partial charge in [0, 0.05) is 16.8 Å². The summed E-state index contributed by atoms with van der Waals surface area (Å²) in [6.45, 7) is 0. The smallest absolute Gasteiger partial charge is 0.322 e. The van der Waals surface area contributed by atoms with Crippen molar-refractivity contribution in [1.82, 2.24) is 20.2 Å². The molecule has 0 saturated heterocycles. The zero-order valence-electron chi connectivity index (χ0n) is 11.4. The van der Waals surface area contributed by atoms with Gasteiger partial charge < -0.3 is 9.52 Å². The van der Waals surface area contributed by atoms with Gasteiger partial charge in [-0.05, 0) is 30.3 Å². The van der Waals surface area contributed by atoms with Crippen LogP contribution in [-0.4, -0.2) is 25.3 Å². The van der Waals surface area contributed by atoms with E-state index < -0.39 is 0 Å². The number of pyridine rings is 1. The molecule has 1 aromatic carbocycles. The lowest BCUT2D eigenvalue weighted by atomic mass is 10.2. The number of rotatable bonds is 3. The summed E-state index contributed by atoms with van der Waals surface area (Å²) in [4.78, 5) is 8.04. The van der Waals surface area contributed by atoms with E-state index in [-0.39, 0.29) is 11.9 Å². The lowest BCUT2D eigenvalue weighted by molar-refractivity contribution is 0.459. The zero-order valence-corrected chi connectivity index (χ0v) is 13.0. The number of nitrogens with zero attached hydrogens (tertiary/aromatic N) is 4. The van der Waals surface area contributed by atoms with E-state index in [0.29, 0.717) is 21.6 Å². The van der Waals surface area contributed by atoms with Gasteiger partial charge in [0.25, 0.3) is 0 Å². The van der Waals surface area contributed by atoms with Crippen molar-refractivity contribution in [1.29, 1.82) is 0 Å². The Labute approximate surface area is 138 Å². The fraction of sp³-hybridized carbons (Fsp3) is 0. The molecule has 0 atom stereocenters. The molecule has 0 bridgehead atoms. The molecule has 23 heavy (non-hydrogen) atoms. The van der Waals surface area contributed by atoms with Gasteiger partial charge in [-0.2, -0.15) is 0 Å². The topological polar surface area (TPSA) is 97.0 Å². The number of halogens is 1. The number of hydrogen-bond donors (Lipinski definition) is 2. The number of anilines is 2. The summed E-state index contributed by atoms with van der Waals surface area (Å²) in [5, 5.41) is 21.7. The second kappa shape index (κ2) is 5.49. The first-order chi connectivity index (χ1) is 11.2. The highest BCUT2D eigenvalue weighted by Gasteiger charge is 2.12. The lowest BCUT2D eigenvalue weighted by Crippen LogP contribution is -1.88. The van der Waals surface area contributed by atoms with Gasteiger partial charge in [-0.3, -0.25) is 5.32 Å². The Morgan fingerprint density at radius 1 is 1.13 bits per heavy atom. The normalized spacial score (nSPS) is 11.0. The Hall–Kier alpha value is -2.71. The van der Waals surface area contributed by atoms with E-state index in [0.717, 1.165) is 10.3 Å². The first-order valence-electron chi connectivity index (χ1n) is 6.50. The molecule has 4 rings (SSSR count). The summed E-state index contributed by atoms with van der Waals surface area (Å²) < 4.78 is 6.36. The predicted octanol–water partition coefficient (Wildman–Crippen LogP) is 3.84. The number of fused-ring (bicyclic) bond motifs is 1. The SMILES string of the molecule is Oc1nccc2sc(Nc3nnc(-c4ccc(Cl)cc4)o3)nc12. The van der Waals surface area contributed by atoms with Crippen molar-refractivity contribution in [3.63, 3.8) is 0 Å². The summed E-state index contributed by atoms with van der Waals surface area (Å²) in [7, 11) is 0. The van der Waals surface area contributed by atoms with Crippen LogP contribution >= 0.6 is 22.9 Å². The van der Waals surface area contributed by atoms with Crippen molar-refractivity contribution in [2.45, 2.75) is 0 Å². The molecule has 0 aliphatic carbocycles. The number of nitrogens with one attached hydrogen (secondary N) is 1. The number of aromatic hydroxyl groups is 1. The Morgan fingerprint density at radius 3 is 2.74 bits per heavy atom. The van der Waals surface area contributed by atoms with Crippen LogP contribution in [0.15, 0.2) is 40.9 Å². The van der Waals surface area contributed by atoms with Crippen molar-refractivity contribution < 1.29 is 9.52 Å². The zero-order chi connectivity index (χ0) is 15.8. The molecule has 4 aromatic rings. The quantitative estimate of drug-likeness (QED) is 0.582. The van der Waals surface area contributed by atoms with E-state index in [9.17, 15) is 5.11 Å². The minimum atomic E-state index is -0.112. The van der Waals surface area contributed by atoms with E-state index in [2.05, 4.69) is 25.5 Å². The molecule has 0 fully saturated rings. The maximum Gasteiger partial charge on any atom is 0.322 e. The van der Waals surface area contributed by atoms with Crippen molar-refractivity contribution in [2.75, 3.05) is 5.32 Å². The maximum absolute atomic E-state index is 9.67. The molecule has 7 nitrogen and oxygen atoms in total. The average Bonchev–Trinajstić information content (AvgIpc) is 3.16. The summed E-state index contributed by atoms with van der Waals surface area (Å²) in [5.74, 6) is 0.258. The molecule has 0 amide bonds. The Kier molecular flexibility index (Phi) is 3.32. The monoisotopic (exact) mass is 345 g/mol. The molecular weight excluding hydrogens is 338 g/mol. The minimum absolute atomic E-state index is 0.112. The molecule has 114 valence electrons. The summed E-state index contributed by atoms with van der Waals surface area (Å²) in [5.41, 5.74) is 1.19. The lowest BCUT2D eigenvalue weighted by Gasteiger charge is -1.95. The van der Waals surface area contributed by atoms with Crippen LogP contribution in [0.4, 0.5) is 11.1 Å². The summed E-state index contributed by atoms with van der Waals surface area (Å²) >= 11 is 7.20. The standard InChI is InChI=1S/C14H8ClN5O2S/c15-8-3-1-7(2-4-8)12-19-20-13(22-12)18-14-17-10-9(23-14)5-6-16-11(10)21/h1-6H,(H,16,21)(H,17,18,20). The van der Waals surface area contributed by atoms with Gasteiger partial charge in [0.05, 0.1) is 4.70 Å². The van der Waals surface area contributed by atoms with E-state index in [4.69, 9.17) is 16.0 Å². The van der Waals surface area contributed by atoms with Gasteiger partial charge in [0.15, 0.2) is 5.13 Å². The first-order valence-corrected chi connectivity index (χ1v) is 7.69. The van der Waals surface area contributed by atoms with E-state index in [1.807, 2.05) is 0 Å². The Balaban J connectivity index is 1.61. The van der Waals surface area contributed by atoms with Gasteiger partial charge in [0.2, 0.25) is 11.8 Å². The van der Waals surface area contributed by atoms with Gasteiger partial charge in [-0.15, -0.1) is 5.10 Å². The molecule has 0 aliphatic heterocycles. The predicted molar refractivity (Wildman–Crippen MR) is 87.1 cm³/mol. The fourth-order valence-corrected chi connectivity index (χ4v) is 2.94. The van der Waals surface area contributed by atoms with Gasteiger partial charge >= 0.3 is 6.01 Å². The maximum atomic E-state index is 9.67. The van der Waals surface area contributed by atoms with Crippen LogP contribution in [0.3, 0.4) is 0 Å². The van der Waals surface area contributed by atoms with Crippen molar-refractivity contribution in [3.8, 4) is 17.3 Å². The highest BCUT2D eigenvalue weighted by atomic mass is 35.5. The van der Waals surface area contributed by atoms with Crippen molar-refractivity contribution >= 4 is 44.3 Å². The minimum Gasteiger partial charge on any atom is -0.492 e. The van der Waals surface area contributed by atoms with Crippen LogP contribution in [0, 0.1) is 0 Å². The van der Waals surface area contributed by atoms with Crippen LogP contribution in [0.25, 0.3) is 21.7 Å². The van der Waals surface area contributed by atoms with Gasteiger partial charge in [-0.25, -0.2) is 9.97 Å². The molecule has 0 unspecified atom stereocenters. The number of aromatic nitrogens is 4. The second-order valence-electron chi connectivity index (χ2n) is 4.54. The van der Waals surface area contributed by atoms with Crippen LogP contribution in [0.2, 0.25) is 5.02 Å². The summed E-state index contributed by atoms with van der Waals surface area (Å²) in [6, 6.07) is 9.06. The number of thiazole rings is 1. The molecule has 0 radical (unpaired) electrons. The molecular formula is C14H8ClN5O2S. The van der Waals surface area contributed by atoms with E-state index >= 15 is 0 Å². The number of hydrogen-bond acceptors (Lipinski definition) is 8. The molecule has 2 N–H and O–H groups in total. The molecule has 3 aromatic heterocycles. The van der Waals surface area contributed by atoms with Crippen molar-refractivity contribution in [3.05, 3.63) is 41.6 Å². The summed E-state index contributed by atoms with van der Waals surface area (Å²) in [6.07, 6.45) is 1.52. The average molecular weight is 346 g/mol. The third kappa shape index (κ3) is 2.69. The molecule has 3 heterocycles. The molecule has 9 heteroatoms. The van der Waals surface area contributed by atoms with Gasteiger partial charge in [-0.1, -0.05) is 28.0 Å². The van der Waals surface area contributed by atoms with Crippen LogP contribution in [0.5, 0.6) is 5.88 Å². The Morgan fingerprint density at radius 2 is 1.96 bits per heavy atom. The third-order valence-corrected chi connectivity index (χ3v) is 4.21. The van der Waals surface area contributed by atoms with Crippen LogP contribution in [-0.2, 0) is 0 Å². The highest BCUT2D eigenvalue weighted by Crippen LogP contribution is 2.32. The second-order valence-corrected chi connectivity index (χ2v) is 6.01. The number of benzene rings is 1. The first kappa shape index (κ1) is 13.9. The fourth-order valence-electron chi connectivity index (χ4n) is 1.97. The molecule has 0 aliphatic rings. The third-order valence-electron chi connectivity index (χ3n) is 3.02. The van der Waals surface area contributed by atoms with Gasteiger partial charge in [0.1, 0.15) is 5.52 Å². The van der Waals surface area contributed by atoms with Crippen molar-refractivity contribution in [2.24, 2.45) is 0 Å². The largest absolute Gasteiger partial charge is 0.492 e. The van der Waals surface area contributed by atoms with E-state index in [1.165, 1.54) is 17.5 Å².